The topological polar surface area (TPSA) is 35.0 Å². The summed E-state index contributed by atoms with van der Waals surface area (Å²) in [6.07, 6.45) is 6.29. The van der Waals surface area contributed by atoms with Gasteiger partial charge in [-0.2, -0.15) is 0 Å². The smallest absolute Gasteiger partial charge is 0.128 e. The van der Waals surface area contributed by atoms with E-state index in [1.807, 2.05) is 30.3 Å². The minimum absolute atomic E-state index is 0.412. The van der Waals surface area contributed by atoms with Gasteiger partial charge in [-0.25, -0.2) is 14.4 Å². The van der Waals surface area contributed by atoms with Crippen molar-refractivity contribution in [2.75, 3.05) is 6.61 Å². The van der Waals surface area contributed by atoms with Crippen molar-refractivity contribution in [2.45, 2.75) is 32.4 Å². The molecule has 2 aromatic carbocycles. The number of nitrogens with zero attached hydrogens (tertiary/aromatic N) is 2. The molecule has 1 unspecified atom stereocenters. The highest BCUT2D eigenvalue weighted by atomic mass is 19.1. The van der Waals surface area contributed by atoms with Crippen molar-refractivity contribution in [3.8, 4) is 28.7 Å². The number of hydrogen-bond donors (Lipinski definition) is 0. The first-order chi connectivity index (χ1) is 13.7. The van der Waals surface area contributed by atoms with Crippen LogP contribution in [0.5, 0.6) is 5.75 Å². The molecule has 0 bridgehead atoms. The van der Waals surface area contributed by atoms with E-state index >= 15 is 0 Å². The van der Waals surface area contributed by atoms with Gasteiger partial charge in [-0.05, 0) is 55.7 Å². The van der Waals surface area contributed by atoms with Gasteiger partial charge >= 0.3 is 0 Å². The Labute approximate surface area is 165 Å². The van der Waals surface area contributed by atoms with Gasteiger partial charge in [0.2, 0.25) is 0 Å². The van der Waals surface area contributed by atoms with Crippen molar-refractivity contribution < 1.29 is 9.13 Å². The summed E-state index contributed by atoms with van der Waals surface area (Å²) in [5, 5.41) is 0.973. The van der Waals surface area contributed by atoms with Crippen LogP contribution in [0.25, 0.3) is 22.0 Å². The second kappa shape index (κ2) is 9.66. The minimum atomic E-state index is -0.771. The molecule has 0 N–H and O–H groups in total. The Morgan fingerprint density at radius 3 is 2.96 bits per heavy atom. The van der Waals surface area contributed by atoms with Crippen molar-refractivity contribution >= 4 is 10.9 Å². The zero-order chi connectivity index (χ0) is 19.8. The summed E-state index contributed by atoms with van der Waals surface area (Å²) < 4.78 is 18.7. The summed E-state index contributed by atoms with van der Waals surface area (Å²) in [6.45, 7) is 5.71. The number of aromatic nitrogens is 2. The number of unbranched alkanes of at least 4 members (excludes halogenated alkanes) is 1. The molecule has 1 aromatic heterocycles. The van der Waals surface area contributed by atoms with Gasteiger partial charge < -0.3 is 4.74 Å². The van der Waals surface area contributed by atoms with Gasteiger partial charge in [-0.1, -0.05) is 30.6 Å². The molecule has 3 aromatic rings. The summed E-state index contributed by atoms with van der Waals surface area (Å²) in [5.41, 5.74) is 3.78. The zero-order valence-electron chi connectivity index (χ0n) is 16.0. The van der Waals surface area contributed by atoms with Gasteiger partial charge in [0, 0.05) is 29.1 Å². The predicted octanol–water partition coefficient (Wildman–Crippen LogP) is 5.74. The van der Waals surface area contributed by atoms with E-state index in [0.717, 1.165) is 39.8 Å². The lowest BCUT2D eigenvalue weighted by Gasteiger charge is -2.12. The lowest BCUT2D eigenvalue weighted by atomic mass is 10.0. The predicted molar refractivity (Wildman–Crippen MR) is 112 cm³/mol. The molecule has 0 saturated heterocycles. The van der Waals surface area contributed by atoms with Crippen LogP contribution >= 0.6 is 0 Å². The van der Waals surface area contributed by atoms with Gasteiger partial charge in [0.1, 0.15) is 18.7 Å². The van der Waals surface area contributed by atoms with Crippen LogP contribution in [-0.4, -0.2) is 22.7 Å². The van der Waals surface area contributed by atoms with E-state index in [1.54, 1.807) is 25.5 Å². The third-order valence-corrected chi connectivity index (χ3v) is 4.29. The lowest BCUT2D eigenvalue weighted by molar-refractivity contribution is 0.336. The summed E-state index contributed by atoms with van der Waals surface area (Å²) in [5.74, 6) is 7.01. The Kier molecular flexibility index (Phi) is 6.75. The number of hydrogen-bond acceptors (Lipinski definition) is 3. The third-order valence-electron chi connectivity index (χ3n) is 4.29. The summed E-state index contributed by atoms with van der Waals surface area (Å²) >= 11 is 0. The average molecular weight is 374 g/mol. The molecule has 0 amide bonds. The molecule has 1 heterocycles. The van der Waals surface area contributed by atoms with Gasteiger partial charge in [0.15, 0.2) is 0 Å². The molecule has 1 atom stereocenters. The first-order valence-electron chi connectivity index (χ1n) is 9.38. The van der Waals surface area contributed by atoms with E-state index in [0.29, 0.717) is 19.4 Å². The number of ether oxygens (including phenoxy) is 1. The maximum absolute atomic E-state index is 12.8. The van der Waals surface area contributed by atoms with Crippen LogP contribution in [0.4, 0.5) is 4.39 Å². The van der Waals surface area contributed by atoms with Crippen molar-refractivity contribution in [1.29, 1.82) is 0 Å². The first kappa shape index (κ1) is 19.6. The molecule has 3 nitrogen and oxygen atoms in total. The molecule has 3 rings (SSSR count). The molecule has 0 aliphatic carbocycles. The fourth-order valence-electron chi connectivity index (χ4n) is 2.90. The highest BCUT2D eigenvalue weighted by Gasteiger charge is 2.08. The standard InChI is InChI=1S/C24H23FN2O/c1-3-13-28-24-14-19(8-6-4-5-7-18(2)25)9-11-22(24)20-10-12-23-21(15-20)16-26-17-27-23/h3,9-12,14-18H,1,4-5,7,13H2,2H3. The van der Waals surface area contributed by atoms with Crippen LogP contribution < -0.4 is 4.74 Å². The maximum Gasteiger partial charge on any atom is 0.128 e. The average Bonchev–Trinajstić information content (AvgIpc) is 2.71. The molecule has 0 fully saturated rings. The monoisotopic (exact) mass is 374 g/mol. The Hall–Kier alpha value is -3.19. The van der Waals surface area contributed by atoms with Crippen LogP contribution in [0.3, 0.4) is 0 Å². The molecule has 0 radical (unpaired) electrons. The molecular formula is C24H23FN2O. The minimum Gasteiger partial charge on any atom is -0.489 e. The summed E-state index contributed by atoms with van der Waals surface area (Å²) in [7, 11) is 0. The van der Waals surface area contributed by atoms with Crippen LogP contribution in [0.1, 0.15) is 31.7 Å². The van der Waals surface area contributed by atoms with Crippen LogP contribution in [0, 0.1) is 11.8 Å². The fraction of sp³-hybridized carbons (Fsp3) is 0.250. The highest BCUT2D eigenvalue weighted by molar-refractivity contribution is 5.85. The van der Waals surface area contributed by atoms with Gasteiger partial charge in [0.05, 0.1) is 11.7 Å². The Morgan fingerprint density at radius 1 is 1.25 bits per heavy atom. The van der Waals surface area contributed by atoms with Crippen LogP contribution in [-0.2, 0) is 0 Å². The fourth-order valence-corrected chi connectivity index (χ4v) is 2.90. The molecular weight excluding hydrogens is 351 g/mol. The van der Waals surface area contributed by atoms with Gasteiger partial charge in [-0.3, -0.25) is 0 Å². The molecule has 28 heavy (non-hydrogen) atoms. The van der Waals surface area contributed by atoms with Crippen LogP contribution in [0.2, 0.25) is 0 Å². The number of rotatable bonds is 7. The van der Waals surface area contributed by atoms with E-state index in [-0.39, 0.29) is 0 Å². The van der Waals surface area contributed by atoms with Gasteiger partial charge in [0.25, 0.3) is 0 Å². The highest BCUT2D eigenvalue weighted by Crippen LogP contribution is 2.32. The third kappa shape index (κ3) is 5.17. The second-order valence-corrected chi connectivity index (χ2v) is 6.58. The zero-order valence-corrected chi connectivity index (χ0v) is 16.0. The first-order valence-corrected chi connectivity index (χ1v) is 9.38. The molecule has 0 aliphatic heterocycles. The lowest BCUT2D eigenvalue weighted by Crippen LogP contribution is -1.96. The number of alkyl halides is 1. The van der Waals surface area contributed by atoms with E-state index in [2.05, 4.69) is 34.5 Å². The maximum atomic E-state index is 12.8. The molecule has 142 valence electrons. The van der Waals surface area contributed by atoms with Crippen molar-refractivity contribution in [1.82, 2.24) is 9.97 Å². The van der Waals surface area contributed by atoms with Crippen molar-refractivity contribution in [3.63, 3.8) is 0 Å². The number of halogens is 1. The molecule has 0 spiro atoms. The van der Waals surface area contributed by atoms with Crippen molar-refractivity contribution in [2.24, 2.45) is 0 Å². The van der Waals surface area contributed by atoms with E-state index < -0.39 is 6.17 Å². The SMILES string of the molecule is C=CCOc1cc(C#CCCCC(C)F)ccc1-c1ccc2ncncc2c1. The van der Waals surface area contributed by atoms with Crippen molar-refractivity contribution in [3.05, 3.63) is 67.1 Å². The Balaban J connectivity index is 1.87. The van der Waals surface area contributed by atoms with E-state index in [4.69, 9.17) is 4.74 Å². The quantitative estimate of drug-likeness (QED) is 0.300. The Bertz CT molecular complexity index is 1020. The summed E-state index contributed by atoms with van der Waals surface area (Å²) in [6, 6.07) is 12.0. The number of fused-ring (bicyclic) bond motifs is 1. The van der Waals surface area contributed by atoms with E-state index in [1.165, 1.54) is 0 Å². The van der Waals surface area contributed by atoms with E-state index in [9.17, 15) is 4.39 Å². The largest absolute Gasteiger partial charge is 0.489 e. The Morgan fingerprint density at radius 2 is 2.14 bits per heavy atom. The van der Waals surface area contributed by atoms with Gasteiger partial charge in [-0.15, -0.1) is 0 Å². The molecule has 4 heteroatoms. The number of benzene rings is 2. The summed E-state index contributed by atoms with van der Waals surface area (Å²) in [4.78, 5) is 8.36. The molecule has 0 aliphatic rings. The second-order valence-electron chi connectivity index (χ2n) is 6.58. The molecule has 0 saturated carbocycles. The van der Waals surface area contributed by atoms with Crippen LogP contribution in [0.15, 0.2) is 61.6 Å². The normalized spacial score (nSPS) is 11.5.